The van der Waals surface area contributed by atoms with E-state index in [1.165, 1.54) is 5.19 Å². The van der Waals surface area contributed by atoms with E-state index in [9.17, 15) is 0 Å². The van der Waals surface area contributed by atoms with Crippen LogP contribution in [0.4, 0.5) is 0 Å². The Balaban J connectivity index is 2.26. The molecule has 0 aromatic heterocycles. The van der Waals surface area contributed by atoms with Crippen molar-refractivity contribution in [2.45, 2.75) is 13.1 Å². The Kier molecular flexibility index (Phi) is 4.06. The lowest BCUT2D eigenvalue weighted by Crippen LogP contribution is -2.39. The predicted octanol–water partition coefficient (Wildman–Crippen LogP) is 3.96. The molecule has 0 saturated heterocycles. The molecule has 90 valence electrons. The highest BCUT2D eigenvalue weighted by Crippen LogP contribution is 2.10. The van der Waals surface area contributed by atoms with Gasteiger partial charge < -0.3 is 0 Å². The van der Waals surface area contributed by atoms with E-state index < -0.39 is 8.07 Å². The van der Waals surface area contributed by atoms with Crippen molar-refractivity contribution in [3.05, 3.63) is 64.6 Å². The molecular formula is C16H15BrSi. The highest BCUT2D eigenvalue weighted by Gasteiger charge is 2.20. The van der Waals surface area contributed by atoms with Gasteiger partial charge >= 0.3 is 0 Å². The molecule has 0 atom stereocenters. The average molecular weight is 315 g/mol. The monoisotopic (exact) mass is 314 g/mol. The van der Waals surface area contributed by atoms with Gasteiger partial charge in [0.05, 0.1) is 0 Å². The van der Waals surface area contributed by atoms with Gasteiger partial charge in [-0.25, -0.2) is 0 Å². The number of rotatable bonds is 1. The minimum atomic E-state index is -1.65. The van der Waals surface area contributed by atoms with Gasteiger partial charge in [0.15, 0.2) is 8.07 Å². The minimum Gasteiger partial charge on any atom is -0.121 e. The molecule has 0 N–H and O–H groups in total. The Labute approximate surface area is 118 Å². The van der Waals surface area contributed by atoms with Crippen molar-refractivity contribution in [3.8, 4) is 11.5 Å². The molecule has 0 aliphatic carbocycles. The van der Waals surface area contributed by atoms with Crippen LogP contribution in [-0.2, 0) is 0 Å². The number of hydrogen-bond acceptors (Lipinski definition) is 0. The van der Waals surface area contributed by atoms with E-state index in [1.54, 1.807) is 0 Å². The fourth-order valence-corrected chi connectivity index (χ4v) is 3.58. The fourth-order valence-electron chi connectivity index (χ4n) is 1.69. The van der Waals surface area contributed by atoms with Gasteiger partial charge in [-0.05, 0) is 29.5 Å². The van der Waals surface area contributed by atoms with Gasteiger partial charge in [0.1, 0.15) is 0 Å². The summed E-state index contributed by atoms with van der Waals surface area (Å²) in [4.78, 5) is 0. The van der Waals surface area contributed by atoms with Crippen LogP contribution in [0.3, 0.4) is 0 Å². The first-order valence-corrected chi connectivity index (χ1v) is 9.71. The summed E-state index contributed by atoms with van der Waals surface area (Å²) >= 11 is 3.43. The van der Waals surface area contributed by atoms with Crippen LogP contribution in [0.15, 0.2) is 59.1 Å². The molecule has 2 aromatic rings. The molecule has 0 unspecified atom stereocenters. The molecule has 0 amide bonds. The van der Waals surface area contributed by atoms with Crippen molar-refractivity contribution in [2.75, 3.05) is 0 Å². The Morgan fingerprint density at radius 1 is 0.889 bits per heavy atom. The van der Waals surface area contributed by atoms with Crippen molar-refractivity contribution in [3.63, 3.8) is 0 Å². The van der Waals surface area contributed by atoms with E-state index in [4.69, 9.17) is 0 Å². The molecule has 0 saturated carbocycles. The molecule has 0 nitrogen and oxygen atoms in total. The van der Waals surface area contributed by atoms with E-state index in [0.717, 1.165) is 10.0 Å². The third kappa shape index (κ3) is 3.35. The average Bonchev–Trinajstić information content (AvgIpc) is 2.39. The Bertz CT molecular complexity index is 574. The standard InChI is InChI=1S/C16H15BrSi/c1-18(2,16-6-4-3-5-7-16)13-12-14-8-10-15(17)11-9-14/h3-11H,1-2H3. The lowest BCUT2D eigenvalue weighted by molar-refractivity contribution is 1.60. The molecule has 2 heteroatoms. The molecule has 0 aliphatic heterocycles. The molecule has 0 spiro atoms. The van der Waals surface area contributed by atoms with Crippen LogP contribution in [0.2, 0.25) is 13.1 Å². The maximum atomic E-state index is 3.48. The minimum absolute atomic E-state index is 1.08. The maximum Gasteiger partial charge on any atom is 0.163 e. The molecule has 0 fully saturated rings. The fraction of sp³-hybridized carbons (Fsp3) is 0.125. The van der Waals surface area contributed by atoms with Gasteiger partial charge in [-0.15, -0.1) is 5.54 Å². The first-order valence-electron chi connectivity index (χ1n) is 5.92. The summed E-state index contributed by atoms with van der Waals surface area (Å²) in [7, 11) is -1.65. The van der Waals surface area contributed by atoms with Crippen LogP contribution in [0.5, 0.6) is 0 Å². The second-order valence-corrected chi connectivity index (χ2v) is 9.74. The summed E-state index contributed by atoms with van der Waals surface area (Å²) < 4.78 is 1.09. The van der Waals surface area contributed by atoms with Crippen molar-refractivity contribution < 1.29 is 0 Å². The topological polar surface area (TPSA) is 0 Å². The lowest BCUT2D eigenvalue weighted by atomic mass is 10.2. The molecule has 0 radical (unpaired) electrons. The normalized spacial score (nSPS) is 10.6. The van der Waals surface area contributed by atoms with E-state index in [0.29, 0.717) is 0 Å². The zero-order valence-corrected chi connectivity index (χ0v) is 13.2. The Hall–Kier alpha value is -1.30. The van der Waals surface area contributed by atoms with E-state index >= 15 is 0 Å². The predicted molar refractivity (Wildman–Crippen MR) is 84.6 cm³/mol. The molecule has 0 heterocycles. The third-order valence-electron chi connectivity index (χ3n) is 2.86. The Morgan fingerprint density at radius 3 is 2.11 bits per heavy atom. The van der Waals surface area contributed by atoms with Crippen LogP contribution in [0.25, 0.3) is 0 Å². The van der Waals surface area contributed by atoms with Crippen molar-refractivity contribution in [1.82, 2.24) is 0 Å². The molecule has 18 heavy (non-hydrogen) atoms. The largest absolute Gasteiger partial charge is 0.163 e. The van der Waals surface area contributed by atoms with Gasteiger partial charge in [0.2, 0.25) is 0 Å². The van der Waals surface area contributed by atoms with E-state index in [2.05, 4.69) is 70.8 Å². The summed E-state index contributed by atoms with van der Waals surface area (Å²) in [6, 6.07) is 18.7. The summed E-state index contributed by atoms with van der Waals surface area (Å²) in [5, 5.41) is 1.38. The zero-order chi connectivity index (χ0) is 13.0. The van der Waals surface area contributed by atoms with Crippen LogP contribution in [0, 0.1) is 11.5 Å². The van der Waals surface area contributed by atoms with E-state index in [1.807, 2.05) is 24.3 Å². The molecule has 0 aliphatic rings. The smallest absolute Gasteiger partial charge is 0.121 e. The summed E-state index contributed by atoms with van der Waals surface area (Å²) in [6.45, 7) is 4.57. The van der Waals surface area contributed by atoms with Crippen LogP contribution >= 0.6 is 15.9 Å². The first-order chi connectivity index (χ1) is 8.58. The van der Waals surface area contributed by atoms with E-state index in [-0.39, 0.29) is 0 Å². The zero-order valence-electron chi connectivity index (χ0n) is 10.6. The van der Waals surface area contributed by atoms with Gasteiger partial charge in [-0.1, -0.05) is 65.3 Å². The maximum absolute atomic E-state index is 3.48. The van der Waals surface area contributed by atoms with Gasteiger partial charge in [0, 0.05) is 10.0 Å². The van der Waals surface area contributed by atoms with Crippen LogP contribution in [0.1, 0.15) is 5.56 Å². The number of hydrogen-bond donors (Lipinski definition) is 0. The molecular weight excluding hydrogens is 300 g/mol. The summed E-state index contributed by atoms with van der Waals surface area (Å²) in [5.74, 6) is 3.30. The third-order valence-corrected chi connectivity index (χ3v) is 5.91. The van der Waals surface area contributed by atoms with Gasteiger partial charge in [-0.3, -0.25) is 0 Å². The number of benzene rings is 2. The molecule has 2 rings (SSSR count). The van der Waals surface area contributed by atoms with Crippen LogP contribution < -0.4 is 5.19 Å². The Morgan fingerprint density at radius 2 is 1.50 bits per heavy atom. The van der Waals surface area contributed by atoms with Gasteiger partial charge in [-0.2, -0.15) is 0 Å². The lowest BCUT2D eigenvalue weighted by Gasteiger charge is -2.14. The second kappa shape index (κ2) is 5.56. The van der Waals surface area contributed by atoms with Crippen molar-refractivity contribution in [2.24, 2.45) is 0 Å². The highest BCUT2D eigenvalue weighted by atomic mass is 79.9. The summed E-state index contributed by atoms with van der Waals surface area (Å²) in [6.07, 6.45) is 0. The second-order valence-electron chi connectivity index (χ2n) is 4.75. The summed E-state index contributed by atoms with van der Waals surface area (Å²) in [5.41, 5.74) is 4.56. The number of halogens is 1. The quantitative estimate of drug-likeness (QED) is 0.552. The van der Waals surface area contributed by atoms with Crippen molar-refractivity contribution in [1.29, 1.82) is 0 Å². The van der Waals surface area contributed by atoms with Crippen LogP contribution in [-0.4, -0.2) is 8.07 Å². The SMILES string of the molecule is C[Si](C)(C#Cc1ccc(Br)cc1)c1ccccc1. The van der Waals surface area contributed by atoms with Crippen molar-refractivity contribution >= 4 is 29.2 Å². The molecule has 2 aromatic carbocycles. The highest BCUT2D eigenvalue weighted by molar-refractivity contribution is 9.10. The molecule has 0 bridgehead atoms. The first kappa shape index (κ1) is 13.1. The van der Waals surface area contributed by atoms with Gasteiger partial charge in [0.25, 0.3) is 0 Å².